The van der Waals surface area contributed by atoms with E-state index in [9.17, 15) is 14.4 Å². The second-order valence-corrected chi connectivity index (χ2v) is 7.31. The van der Waals surface area contributed by atoms with Crippen molar-refractivity contribution >= 4 is 46.9 Å². The number of urea groups is 1. The Morgan fingerprint density at radius 1 is 0.969 bits per heavy atom. The molecule has 1 heterocycles. The maximum Gasteiger partial charge on any atom is 0.333 e. The van der Waals surface area contributed by atoms with E-state index in [1.165, 1.54) is 0 Å². The Bertz CT molecular complexity index is 1180. The van der Waals surface area contributed by atoms with Gasteiger partial charge in [-0.05, 0) is 60.2 Å². The number of amides is 4. The fourth-order valence-corrected chi connectivity index (χ4v) is 3.18. The van der Waals surface area contributed by atoms with Crippen LogP contribution in [0.4, 0.5) is 16.2 Å². The number of benzene rings is 3. The molecular weight excluding hydrogens is 430 g/mol. The van der Waals surface area contributed by atoms with Crippen LogP contribution < -0.4 is 20.3 Å². The Morgan fingerprint density at radius 2 is 1.66 bits per heavy atom. The number of para-hydroxylation sites is 1. The quantitative estimate of drug-likeness (QED) is 0.431. The van der Waals surface area contributed by atoms with Gasteiger partial charge in [-0.25, -0.2) is 9.69 Å². The summed E-state index contributed by atoms with van der Waals surface area (Å²) in [6, 6.07) is 21.8. The van der Waals surface area contributed by atoms with E-state index in [4.69, 9.17) is 16.3 Å². The van der Waals surface area contributed by atoms with Crippen LogP contribution in [0, 0.1) is 0 Å². The normalized spacial score (nSPS) is 14.4. The summed E-state index contributed by atoms with van der Waals surface area (Å²) in [6.07, 6.45) is 1.57. The maximum absolute atomic E-state index is 12.7. The van der Waals surface area contributed by atoms with Crippen LogP contribution in [0.5, 0.6) is 5.75 Å². The van der Waals surface area contributed by atoms with E-state index in [-0.39, 0.29) is 18.2 Å². The standard InChI is InChI=1S/C24H18ClN3O4/c25-17-8-10-19(11-9-17)28-23(30)21(27-24(28)31)14-16-6-12-20(13-7-16)32-15-22(29)26-18-4-2-1-3-5-18/h1-14H,15H2,(H,26,29)(H,27,31)/b21-14+. The lowest BCUT2D eigenvalue weighted by Crippen LogP contribution is -2.30. The molecule has 0 unspecified atom stereocenters. The molecule has 0 spiro atoms. The number of hydrogen-bond donors (Lipinski definition) is 2. The van der Waals surface area contributed by atoms with Gasteiger partial charge in [-0.2, -0.15) is 0 Å². The Hall–Kier alpha value is -4.10. The molecule has 4 rings (SSSR count). The van der Waals surface area contributed by atoms with Gasteiger partial charge in [0.1, 0.15) is 11.4 Å². The van der Waals surface area contributed by atoms with Gasteiger partial charge in [0.05, 0.1) is 5.69 Å². The fraction of sp³-hybridized carbons (Fsp3) is 0.0417. The van der Waals surface area contributed by atoms with Gasteiger partial charge >= 0.3 is 6.03 Å². The van der Waals surface area contributed by atoms with E-state index in [1.54, 1.807) is 66.7 Å². The monoisotopic (exact) mass is 447 g/mol. The first-order chi connectivity index (χ1) is 15.5. The first kappa shape index (κ1) is 21.1. The fourth-order valence-electron chi connectivity index (χ4n) is 3.05. The zero-order valence-corrected chi connectivity index (χ0v) is 17.5. The Balaban J connectivity index is 1.37. The minimum atomic E-state index is -0.534. The Labute approximate surface area is 189 Å². The molecule has 0 atom stereocenters. The molecule has 1 fully saturated rings. The van der Waals surface area contributed by atoms with Gasteiger partial charge in [-0.3, -0.25) is 9.59 Å². The number of imide groups is 1. The highest BCUT2D eigenvalue weighted by Gasteiger charge is 2.34. The predicted molar refractivity (Wildman–Crippen MR) is 122 cm³/mol. The van der Waals surface area contributed by atoms with E-state index >= 15 is 0 Å². The van der Waals surface area contributed by atoms with Crippen molar-refractivity contribution in [3.8, 4) is 5.75 Å². The summed E-state index contributed by atoms with van der Waals surface area (Å²) in [4.78, 5) is 38.0. The van der Waals surface area contributed by atoms with Crippen molar-refractivity contribution in [3.05, 3.63) is 95.1 Å². The van der Waals surface area contributed by atoms with Crippen LogP contribution in [0.25, 0.3) is 6.08 Å². The van der Waals surface area contributed by atoms with Gasteiger partial charge in [0.15, 0.2) is 6.61 Å². The maximum atomic E-state index is 12.7. The number of anilines is 2. The number of hydrogen-bond acceptors (Lipinski definition) is 4. The summed E-state index contributed by atoms with van der Waals surface area (Å²) in [5.41, 5.74) is 1.96. The van der Waals surface area contributed by atoms with Crippen molar-refractivity contribution in [3.63, 3.8) is 0 Å². The molecule has 1 aliphatic heterocycles. The highest BCUT2D eigenvalue weighted by atomic mass is 35.5. The average molecular weight is 448 g/mol. The third-order valence-electron chi connectivity index (χ3n) is 4.58. The van der Waals surface area contributed by atoms with Gasteiger partial charge in [0, 0.05) is 10.7 Å². The first-order valence-corrected chi connectivity index (χ1v) is 10.1. The van der Waals surface area contributed by atoms with Crippen molar-refractivity contribution in [2.24, 2.45) is 0 Å². The van der Waals surface area contributed by atoms with Crippen LogP contribution in [0.1, 0.15) is 5.56 Å². The van der Waals surface area contributed by atoms with Crippen LogP contribution in [0.2, 0.25) is 5.02 Å². The Morgan fingerprint density at radius 3 is 2.34 bits per heavy atom. The highest BCUT2D eigenvalue weighted by molar-refractivity contribution is 6.31. The molecule has 0 radical (unpaired) electrons. The van der Waals surface area contributed by atoms with E-state index in [0.29, 0.717) is 27.7 Å². The molecule has 3 aromatic carbocycles. The molecule has 0 saturated carbocycles. The summed E-state index contributed by atoms with van der Waals surface area (Å²) in [7, 11) is 0. The number of rotatable bonds is 6. The van der Waals surface area contributed by atoms with Crippen molar-refractivity contribution < 1.29 is 19.1 Å². The molecule has 4 amide bonds. The minimum Gasteiger partial charge on any atom is -0.484 e. The summed E-state index contributed by atoms with van der Waals surface area (Å²) < 4.78 is 5.50. The summed E-state index contributed by atoms with van der Waals surface area (Å²) >= 11 is 5.87. The first-order valence-electron chi connectivity index (χ1n) is 9.70. The number of nitrogens with one attached hydrogen (secondary N) is 2. The number of carbonyl (C=O) groups is 3. The second kappa shape index (κ2) is 9.36. The number of carbonyl (C=O) groups excluding carboxylic acids is 3. The smallest absolute Gasteiger partial charge is 0.333 e. The molecule has 0 aliphatic carbocycles. The lowest BCUT2D eigenvalue weighted by Gasteiger charge is -2.11. The molecule has 2 N–H and O–H groups in total. The van der Waals surface area contributed by atoms with E-state index in [1.807, 2.05) is 18.2 Å². The molecule has 7 nitrogen and oxygen atoms in total. The lowest BCUT2D eigenvalue weighted by molar-refractivity contribution is -0.118. The molecule has 3 aromatic rings. The predicted octanol–water partition coefficient (Wildman–Crippen LogP) is 4.45. The molecule has 8 heteroatoms. The van der Waals surface area contributed by atoms with Gasteiger partial charge in [0.25, 0.3) is 11.8 Å². The largest absolute Gasteiger partial charge is 0.484 e. The van der Waals surface area contributed by atoms with Gasteiger partial charge in [-0.15, -0.1) is 0 Å². The van der Waals surface area contributed by atoms with Crippen LogP contribution in [0.15, 0.2) is 84.6 Å². The van der Waals surface area contributed by atoms with E-state index in [0.717, 1.165) is 4.90 Å². The third kappa shape index (κ3) is 4.96. The molecule has 1 aliphatic rings. The molecule has 1 saturated heterocycles. The van der Waals surface area contributed by atoms with E-state index in [2.05, 4.69) is 10.6 Å². The van der Waals surface area contributed by atoms with Crippen molar-refractivity contribution in [1.82, 2.24) is 5.32 Å². The second-order valence-electron chi connectivity index (χ2n) is 6.88. The molecule has 160 valence electrons. The van der Waals surface area contributed by atoms with Crippen molar-refractivity contribution in [1.29, 1.82) is 0 Å². The van der Waals surface area contributed by atoms with Crippen LogP contribution in [-0.2, 0) is 9.59 Å². The van der Waals surface area contributed by atoms with Gasteiger partial charge < -0.3 is 15.4 Å². The molecule has 0 bridgehead atoms. The van der Waals surface area contributed by atoms with Gasteiger partial charge in [0.2, 0.25) is 0 Å². The molecular formula is C24H18ClN3O4. The zero-order chi connectivity index (χ0) is 22.5. The molecule has 0 aromatic heterocycles. The topological polar surface area (TPSA) is 87.7 Å². The van der Waals surface area contributed by atoms with E-state index < -0.39 is 11.9 Å². The van der Waals surface area contributed by atoms with Crippen LogP contribution in [-0.4, -0.2) is 24.5 Å². The minimum absolute atomic E-state index is 0.139. The number of ether oxygens (including phenoxy) is 1. The van der Waals surface area contributed by atoms with Crippen LogP contribution >= 0.6 is 11.6 Å². The summed E-state index contributed by atoms with van der Waals surface area (Å²) in [6.45, 7) is -0.139. The Kier molecular flexibility index (Phi) is 6.19. The number of halogens is 1. The average Bonchev–Trinajstić information content (AvgIpc) is 3.07. The van der Waals surface area contributed by atoms with Crippen LogP contribution in [0.3, 0.4) is 0 Å². The van der Waals surface area contributed by atoms with Gasteiger partial charge in [-0.1, -0.05) is 41.9 Å². The molecule has 32 heavy (non-hydrogen) atoms. The highest BCUT2D eigenvalue weighted by Crippen LogP contribution is 2.24. The lowest BCUT2D eigenvalue weighted by atomic mass is 10.2. The number of nitrogens with zero attached hydrogens (tertiary/aromatic N) is 1. The zero-order valence-electron chi connectivity index (χ0n) is 16.7. The summed E-state index contributed by atoms with van der Waals surface area (Å²) in [5, 5.41) is 5.82. The van der Waals surface area contributed by atoms with Crippen molar-refractivity contribution in [2.75, 3.05) is 16.8 Å². The summed E-state index contributed by atoms with van der Waals surface area (Å²) in [5.74, 6) is -0.237. The SMILES string of the molecule is O=C(COc1ccc(/C=C2/NC(=O)N(c3ccc(Cl)cc3)C2=O)cc1)Nc1ccccc1. The third-order valence-corrected chi connectivity index (χ3v) is 4.83. The van der Waals surface area contributed by atoms with Crippen molar-refractivity contribution in [2.45, 2.75) is 0 Å².